The lowest BCUT2D eigenvalue weighted by molar-refractivity contribution is 0.579. The molecule has 8 heteroatoms. The summed E-state index contributed by atoms with van der Waals surface area (Å²) in [6, 6.07) is 2.93. The summed E-state index contributed by atoms with van der Waals surface area (Å²) in [5.41, 5.74) is 6.06. The standard InChI is InChI=1S/C12H16Cl2N2O2S2/c1-19-12(2-3-12)7-16-20(17,18)10-5-9(13)4-8(6-15)11(10)14/h4-5,16H,2-3,6-7,15H2,1H3. The third-order valence-corrected chi connectivity index (χ3v) is 7.03. The molecule has 1 fully saturated rings. The highest BCUT2D eigenvalue weighted by Crippen LogP contribution is 2.46. The highest BCUT2D eigenvalue weighted by Gasteiger charge is 2.42. The van der Waals surface area contributed by atoms with Gasteiger partial charge in [-0.3, -0.25) is 0 Å². The van der Waals surface area contributed by atoms with Crippen LogP contribution in [0.2, 0.25) is 10.0 Å². The summed E-state index contributed by atoms with van der Waals surface area (Å²) in [6.07, 6.45) is 4.03. The van der Waals surface area contributed by atoms with Crippen molar-refractivity contribution in [3.05, 3.63) is 27.7 Å². The molecule has 1 aromatic rings. The van der Waals surface area contributed by atoms with Crippen LogP contribution in [0.1, 0.15) is 18.4 Å². The van der Waals surface area contributed by atoms with E-state index in [2.05, 4.69) is 4.72 Å². The minimum atomic E-state index is -3.68. The Balaban J connectivity index is 2.27. The maximum Gasteiger partial charge on any atom is 0.242 e. The molecule has 0 aliphatic heterocycles. The second kappa shape index (κ2) is 6.02. The predicted octanol–water partition coefficient (Wildman–Crippen LogP) is 2.63. The van der Waals surface area contributed by atoms with Crippen molar-refractivity contribution in [3.63, 3.8) is 0 Å². The molecule has 1 aromatic carbocycles. The van der Waals surface area contributed by atoms with Gasteiger partial charge < -0.3 is 5.73 Å². The van der Waals surface area contributed by atoms with Crippen LogP contribution in [0.3, 0.4) is 0 Å². The molecule has 0 bridgehead atoms. The molecule has 0 heterocycles. The molecule has 112 valence electrons. The molecular weight excluding hydrogens is 339 g/mol. The second-order valence-electron chi connectivity index (χ2n) is 4.79. The Morgan fingerprint density at radius 1 is 1.40 bits per heavy atom. The number of nitrogens with one attached hydrogen (secondary N) is 1. The van der Waals surface area contributed by atoms with Gasteiger partial charge in [0.25, 0.3) is 0 Å². The number of hydrogen-bond donors (Lipinski definition) is 2. The normalized spacial score (nSPS) is 17.2. The number of sulfonamides is 1. The van der Waals surface area contributed by atoms with Crippen LogP contribution in [-0.4, -0.2) is 26.0 Å². The molecular formula is C12H16Cl2N2O2S2. The molecule has 0 unspecified atom stereocenters. The number of halogens is 2. The van der Waals surface area contributed by atoms with Gasteiger partial charge in [0.1, 0.15) is 4.90 Å². The molecule has 0 radical (unpaired) electrons. The van der Waals surface area contributed by atoms with Gasteiger partial charge in [-0.05, 0) is 36.8 Å². The number of benzene rings is 1. The molecule has 0 atom stereocenters. The van der Waals surface area contributed by atoms with Crippen LogP contribution in [-0.2, 0) is 16.6 Å². The number of nitrogens with two attached hydrogens (primary N) is 1. The van der Waals surface area contributed by atoms with E-state index >= 15 is 0 Å². The second-order valence-corrected chi connectivity index (χ2v) is 8.62. The summed E-state index contributed by atoms with van der Waals surface area (Å²) in [4.78, 5) is -0.0102. The molecule has 1 saturated carbocycles. The molecule has 4 nitrogen and oxygen atoms in total. The molecule has 3 N–H and O–H groups in total. The Hall–Kier alpha value is 0.0200. The van der Waals surface area contributed by atoms with E-state index in [4.69, 9.17) is 28.9 Å². The highest BCUT2D eigenvalue weighted by molar-refractivity contribution is 8.00. The van der Waals surface area contributed by atoms with Crippen LogP contribution in [0, 0.1) is 0 Å². The van der Waals surface area contributed by atoms with E-state index in [0.29, 0.717) is 17.1 Å². The minimum Gasteiger partial charge on any atom is -0.326 e. The Kier molecular flexibility index (Phi) is 4.94. The van der Waals surface area contributed by atoms with Gasteiger partial charge in [0, 0.05) is 22.9 Å². The Labute approximate surface area is 133 Å². The zero-order valence-electron chi connectivity index (χ0n) is 10.9. The van der Waals surface area contributed by atoms with Crippen molar-refractivity contribution in [1.29, 1.82) is 0 Å². The largest absolute Gasteiger partial charge is 0.326 e. The molecule has 0 amide bonds. The predicted molar refractivity (Wildman–Crippen MR) is 85.0 cm³/mol. The third-order valence-electron chi connectivity index (χ3n) is 3.41. The van der Waals surface area contributed by atoms with Crippen molar-refractivity contribution in [3.8, 4) is 0 Å². The lowest BCUT2D eigenvalue weighted by Crippen LogP contribution is -2.32. The monoisotopic (exact) mass is 354 g/mol. The van der Waals surface area contributed by atoms with Crippen molar-refractivity contribution in [1.82, 2.24) is 4.72 Å². The first kappa shape index (κ1) is 16.4. The zero-order valence-corrected chi connectivity index (χ0v) is 14.1. The summed E-state index contributed by atoms with van der Waals surface area (Å²) in [5, 5.41) is 0.444. The molecule has 20 heavy (non-hydrogen) atoms. The van der Waals surface area contributed by atoms with E-state index in [1.54, 1.807) is 17.8 Å². The summed E-state index contributed by atoms with van der Waals surface area (Å²) in [7, 11) is -3.68. The van der Waals surface area contributed by atoms with Crippen molar-refractivity contribution in [2.45, 2.75) is 29.0 Å². The molecule has 2 rings (SSSR count). The van der Waals surface area contributed by atoms with Gasteiger partial charge in [-0.1, -0.05) is 23.2 Å². The molecule has 0 spiro atoms. The Bertz CT molecular complexity index is 616. The highest BCUT2D eigenvalue weighted by atomic mass is 35.5. The average Bonchev–Trinajstić information content (AvgIpc) is 3.19. The minimum absolute atomic E-state index is 0.0102. The summed E-state index contributed by atoms with van der Waals surface area (Å²) < 4.78 is 27.4. The maximum atomic E-state index is 12.4. The van der Waals surface area contributed by atoms with E-state index < -0.39 is 10.0 Å². The van der Waals surface area contributed by atoms with Crippen molar-refractivity contribution >= 4 is 45.0 Å². The van der Waals surface area contributed by atoms with E-state index in [-0.39, 0.29) is 21.2 Å². The van der Waals surface area contributed by atoms with Crippen LogP contribution in [0.4, 0.5) is 0 Å². The van der Waals surface area contributed by atoms with Gasteiger partial charge in [0.2, 0.25) is 10.0 Å². The van der Waals surface area contributed by atoms with Gasteiger partial charge in [0.15, 0.2) is 0 Å². The molecule has 0 aromatic heterocycles. The first-order valence-corrected chi connectivity index (χ1v) is 9.53. The summed E-state index contributed by atoms with van der Waals surface area (Å²) in [6.45, 7) is 0.536. The summed E-state index contributed by atoms with van der Waals surface area (Å²) in [5.74, 6) is 0. The topological polar surface area (TPSA) is 72.2 Å². The van der Waals surface area contributed by atoms with Crippen LogP contribution in [0.5, 0.6) is 0 Å². The maximum absolute atomic E-state index is 12.4. The average molecular weight is 355 g/mol. The van der Waals surface area contributed by atoms with Gasteiger partial charge >= 0.3 is 0 Å². The molecule has 0 saturated heterocycles. The first-order valence-electron chi connectivity index (χ1n) is 6.06. The lowest BCUT2D eigenvalue weighted by Gasteiger charge is -2.15. The quantitative estimate of drug-likeness (QED) is 0.823. The lowest BCUT2D eigenvalue weighted by atomic mass is 10.2. The van der Waals surface area contributed by atoms with Gasteiger partial charge in [0.05, 0.1) is 5.02 Å². The Morgan fingerprint density at radius 3 is 2.55 bits per heavy atom. The van der Waals surface area contributed by atoms with E-state index in [1.165, 1.54) is 6.07 Å². The SMILES string of the molecule is CSC1(CNS(=O)(=O)c2cc(Cl)cc(CN)c2Cl)CC1. The third kappa shape index (κ3) is 3.43. The number of rotatable bonds is 6. The van der Waals surface area contributed by atoms with Crippen LogP contribution in [0.15, 0.2) is 17.0 Å². The first-order chi connectivity index (χ1) is 9.33. The number of hydrogen-bond acceptors (Lipinski definition) is 4. The summed E-state index contributed by atoms with van der Waals surface area (Å²) >= 11 is 13.7. The van der Waals surface area contributed by atoms with Crippen molar-refractivity contribution in [2.75, 3.05) is 12.8 Å². The van der Waals surface area contributed by atoms with Crippen molar-refractivity contribution < 1.29 is 8.42 Å². The van der Waals surface area contributed by atoms with Gasteiger partial charge in [-0.25, -0.2) is 13.1 Å². The number of thioether (sulfide) groups is 1. The molecule has 1 aliphatic carbocycles. The fraction of sp³-hybridized carbons (Fsp3) is 0.500. The van der Waals surface area contributed by atoms with Crippen LogP contribution >= 0.6 is 35.0 Å². The van der Waals surface area contributed by atoms with E-state index in [1.807, 2.05) is 6.26 Å². The van der Waals surface area contributed by atoms with Gasteiger partial charge in [-0.2, -0.15) is 11.8 Å². The fourth-order valence-electron chi connectivity index (χ4n) is 1.86. The van der Waals surface area contributed by atoms with Crippen molar-refractivity contribution in [2.24, 2.45) is 5.73 Å². The zero-order chi connectivity index (χ0) is 15.0. The van der Waals surface area contributed by atoms with E-state index in [9.17, 15) is 8.42 Å². The van der Waals surface area contributed by atoms with Crippen LogP contribution in [0.25, 0.3) is 0 Å². The smallest absolute Gasteiger partial charge is 0.242 e. The van der Waals surface area contributed by atoms with Gasteiger partial charge in [-0.15, -0.1) is 0 Å². The Morgan fingerprint density at radius 2 is 2.05 bits per heavy atom. The molecule has 1 aliphatic rings. The van der Waals surface area contributed by atoms with E-state index in [0.717, 1.165) is 12.8 Å². The fourth-order valence-corrected chi connectivity index (χ4v) is 4.74. The van der Waals surface area contributed by atoms with Crippen LogP contribution < -0.4 is 10.5 Å².